The quantitative estimate of drug-likeness (QED) is 0.0389. The first-order valence-corrected chi connectivity index (χ1v) is 41.4. The van der Waals surface area contributed by atoms with E-state index in [9.17, 15) is 24.0 Å². The van der Waals surface area contributed by atoms with E-state index in [0.717, 1.165) is 64.2 Å². The Labute approximate surface area is 545 Å². The Morgan fingerprint density at radius 1 is 0.239 bits per heavy atom. The molecular formula is C73H150O13P2. The Morgan fingerprint density at radius 3 is 0.614 bits per heavy atom. The van der Waals surface area contributed by atoms with Crippen molar-refractivity contribution < 1.29 is 61.1 Å². The number of aliphatic hydroxyl groups is 1. The topological polar surface area (TPSA) is 169 Å². The van der Waals surface area contributed by atoms with Crippen LogP contribution in [-0.2, 0) is 46.2 Å². The average molecular weight is 1300 g/mol. The molecule has 0 aliphatic carbocycles. The summed E-state index contributed by atoms with van der Waals surface area (Å²) >= 11 is 0. The second kappa shape index (κ2) is 71.3. The highest BCUT2D eigenvalue weighted by Gasteiger charge is 2.29. The Morgan fingerprint density at radius 2 is 0.409 bits per heavy atom. The number of aliphatic hydroxyl groups excluding tert-OH is 1. The molecule has 0 rings (SSSR count). The average Bonchev–Trinajstić information content (AvgIpc) is 3.72. The van der Waals surface area contributed by atoms with Crippen LogP contribution in [0.1, 0.15) is 387 Å². The Kier molecular flexibility index (Phi) is 71.3. The van der Waals surface area contributed by atoms with Crippen LogP contribution in [0.5, 0.6) is 0 Å². The monoisotopic (exact) mass is 1300 g/mol. The molecule has 0 aromatic carbocycles. The standard InChI is InChI=1S/C73H150O13P2/c1-5-9-13-17-21-25-29-33-37-41-45-49-53-57-61-79-67-72(81-63-59-55-51-47-43-39-35-31-27-23-19-15-11-7-3)69-85-87(75,76)83-65-71(74)66-84-88(77,78)86-70-73(82-64-60-56-52-48-44-40-36-32-28-24-20-16-12-8-4)68-80-62-58-54-50-46-42-38-34-30-26-22-18-14-10-6-2/h71-74H,5-70H2,1-4H3,(H,75,76)(H,77,78). The lowest BCUT2D eigenvalue weighted by Gasteiger charge is -2.22. The van der Waals surface area contributed by atoms with Gasteiger partial charge < -0.3 is 33.8 Å². The molecule has 0 fully saturated rings. The molecule has 0 saturated carbocycles. The maximum Gasteiger partial charge on any atom is 0.472 e. The summed E-state index contributed by atoms with van der Waals surface area (Å²) < 4.78 is 71.4. The van der Waals surface area contributed by atoms with E-state index in [1.807, 2.05) is 0 Å². The zero-order chi connectivity index (χ0) is 64.1. The number of hydrogen-bond acceptors (Lipinski definition) is 11. The van der Waals surface area contributed by atoms with Gasteiger partial charge in [-0.2, -0.15) is 0 Å². The first kappa shape index (κ1) is 88.0. The van der Waals surface area contributed by atoms with Crippen LogP contribution >= 0.6 is 15.6 Å². The highest BCUT2D eigenvalue weighted by Crippen LogP contribution is 2.45. The van der Waals surface area contributed by atoms with Crippen molar-refractivity contribution in [1.29, 1.82) is 0 Å². The minimum atomic E-state index is -4.65. The fourth-order valence-corrected chi connectivity index (χ4v) is 13.0. The smallest absolute Gasteiger partial charge is 0.388 e. The molecule has 0 bridgehead atoms. The first-order valence-electron chi connectivity index (χ1n) is 38.4. The molecule has 4 unspecified atom stereocenters. The predicted molar refractivity (Wildman–Crippen MR) is 372 cm³/mol. The number of phosphoric acid groups is 2. The van der Waals surface area contributed by atoms with Gasteiger partial charge in [0.1, 0.15) is 18.3 Å². The molecule has 0 aromatic heterocycles. The molecule has 0 radical (unpaired) electrons. The molecule has 530 valence electrons. The minimum absolute atomic E-state index is 0.219. The van der Waals surface area contributed by atoms with Crippen molar-refractivity contribution in [3.63, 3.8) is 0 Å². The molecular weight excluding hydrogens is 1150 g/mol. The molecule has 0 amide bonds. The van der Waals surface area contributed by atoms with Crippen LogP contribution in [0.2, 0.25) is 0 Å². The van der Waals surface area contributed by atoms with Gasteiger partial charge in [0.05, 0.1) is 39.6 Å². The van der Waals surface area contributed by atoms with Crippen molar-refractivity contribution in [2.45, 2.75) is 406 Å². The van der Waals surface area contributed by atoms with E-state index in [1.54, 1.807) is 0 Å². The number of rotatable bonds is 78. The SMILES string of the molecule is CCCCCCCCCCCCCCCCOCC(COP(=O)(O)OCC(O)COP(=O)(O)OCC(COCCCCCCCCCCCCCCCC)OCCCCCCCCCCCCCCCC)OCCCCCCCCCCCCCCCC. The van der Waals surface area contributed by atoms with Gasteiger partial charge in [0.25, 0.3) is 0 Å². The van der Waals surface area contributed by atoms with Crippen molar-refractivity contribution in [3.05, 3.63) is 0 Å². The zero-order valence-corrected chi connectivity index (χ0v) is 60.5. The first-order chi connectivity index (χ1) is 43.1. The fourth-order valence-electron chi connectivity index (χ4n) is 11.4. The lowest BCUT2D eigenvalue weighted by atomic mass is 10.0. The summed E-state index contributed by atoms with van der Waals surface area (Å²) in [5.41, 5.74) is 0. The molecule has 0 aromatic rings. The van der Waals surface area contributed by atoms with Gasteiger partial charge in [-0.1, -0.05) is 362 Å². The van der Waals surface area contributed by atoms with Crippen LogP contribution < -0.4 is 0 Å². The number of unbranched alkanes of at least 4 members (excludes halogenated alkanes) is 52. The van der Waals surface area contributed by atoms with Crippen molar-refractivity contribution in [3.8, 4) is 0 Å². The molecule has 0 aliphatic rings. The summed E-state index contributed by atoms with van der Waals surface area (Å²) in [4.78, 5) is 21.3. The van der Waals surface area contributed by atoms with Gasteiger partial charge in [0.2, 0.25) is 0 Å². The second-order valence-corrected chi connectivity index (χ2v) is 29.2. The Hall–Kier alpha value is 0.0200. The van der Waals surface area contributed by atoms with Gasteiger partial charge in [0, 0.05) is 26.4 Å². The summed E-state index contributed by atoms with van der Waals surface area (Å²) in [5.74, 6) is 0. The molecule has 0 saturated heterocycles. The van der Waals surface area contributed by atoms with Gasteiger partial charge in [-0.25, -0.2) is 9.13 Å². The van der Waals surface area contributed by atoms with E-state index in [0.29, 0.717) is 26.4 Å². The summed E-state index contributed by atoms with van der Waals surface area (Å²) in [7, 11) is -9.30. The maximum atomic E-state index is 13.1. The van der Waals surface area contributed by atoms with Crippen LogP contribution in [0.25, 0.3) is 0 Å². The lowest BCUT2D eigenvalue weighted by molar-refractivity contribution is -0.0484. The predicted octanol–water partition coefficient (Wildman–Crippen LogP) is 23.3. The largest absolute Gasteiger partial charge is 0.472 e. The highest BCUT2D eigenvalue weighted by atomic mass is 31.2. The molecule has 88 heavy (non-hydrogen) atoms. The molecule has 15 heteroatoms. The number of ether oxygens (including phenoxy) is 4. The summed E-state index contributed by atoms with van der Waals surface area (Å²) in [6.07, 6.45) is 68.8. The number of hydrogen-bond donors (Lipinski definition) is 3. The Balaban J connectivity index is 4.94. The molecule has 0 spiro atoms. The van der Waals surface area contributed by atoms with Crippen molar-refractivity contribution in [2.24, 2.45) is 0 Å². The van der Waals surface area contributed by atoms with Gasteiger partial charge in [-0.3, -0.25) is 18.1 Å². The van der Waals surface area contributed by atoms with Crippen LogP contribution in [0.3, 0.4) is 0 Å². The highest BCUT2D eigenvalue weighted by molar-refractivity contribution is 7.47. The van der Waals surface area contributed by atoms with Crippen molar-refractivity contribution in [1.82, 2.24) is 0 Å². The summed E-state index contributed by atoms with van der Waals surface area (Å²) in [5, 5.41) is 10.6. The van der Waals surface area contributed by atoms with E-state index >= 15 is 0 Å². The van der Waals surface area contributed by atoms with E-state index in [1.165, 1.54) is 295 Å². The molecule has 0 aliphatic heterocycles. The van der Waals surface area contributed by atoms with E-state index in [4.69, 9.17) is 37.0 Å². The zero-order valence-electron chi connectivity index (χ0n) is 58.7. The van der Waals surface area contributed by atoms with E-state index < -0.39 is 47.2 Å². The summed E-state index contributed by atoms with van der Waals surface area (Å²) in [6, 6.07) is 0. The minimum Gasteiger partial charge on any atom is -0.388 e. The Bertz CT molecular complexity index is 1330. The molecule has 0 heterocycles. The fraction of sp³-hybridized carbons (Fsp3) is 1.00. The maximum absolute atomic E-state index is 13.1. The van der Waals surface area contributed by atoms with Gasteiger partial charge in [-0.05, 0) is 25.7 Å². The van der Waals surface area contributed by atoms with E-state index in [2.05, 4.69) is 27.7 Å². The second-order valence-electron chi connectivity index (χ2n) is 26.3. The third kappa shape index (κ3) is 70.3. The third-order valence-electron chi connectivity index (χ3n) is 17.3. The van der Waals surface area contributed by atoms with Gasteiger partial charge >= 0.3 is 15.6 Å². The van der Waals surface area contributed by atoms with Gasteiger partial charge in [0.15, 0.2) is 0 Å². The normalized spacial score (nSPS) is 14.4. The van der Waals surface area contributed by atoms with Crippen molar-refractivity contribution >= 4 is 15.6 Å². The van der Waals surface area contributed by atoms with Crippen molar-refractivity contribution in [2.75, 3.05) is 66.1 Å². The number of phosphoric ester groups is 2. The van der Waals surface area contributed by atoms with Crippen LogP contribution in [0.4, 0.5) is 0 Å². The summed E-state index contributed by atoms with van der Waals surface area (Å²) in [6.45, 7) is 9.83. The van der Waals surface area contributed by atoms with E-state index in [-0.39, 0.29) is 26.4 Å². The van der Waals surface area contributed by atoms with Crippen LogP contribution in [0.15, 0.2) is 0 Å². The molecule has 13 nitrogen and oxygen atoms in total. The lowest BCUT2D eigenvalue weighted by Crippen LogP contribution is -2.27. The molecule has 4 atom stereocenters. The van der Waals surface area contributed by atoms with Crippen LogP contribution in [-0.4, -0.2) is 99.3 Å². The molecule has 3 N–H and O–H groups in total. The third-order valence-corrected chi connectivity index (χ3v) is 19.2. The van der Waals surface area contributed by atoms with Gasteiger partial charge in [-0.15, -0.1) is 0 Å². The van der Waals surface area contributed by atoms with Crippen LogP contribution in [0, 0.1) is 0 Å².